The Kier molecular flexibility index (Phi) is 14.7. The number of amides is 7. The highest BCUT2D eigenvalue weighted by Crippen LogP contribution is 1.55. The van der Waals surface area contributed by atoms with Crippen LogP contribution in [-0.2, 0) is 0 Å². The van der Waals surface area contributed by atoms with E-state index in [0.717, 1.165) is 0 Å². The van der Waals surface area contributed by atoms with Gasteiger partial charge in [-0.15, -0.1) is 0 Å². The van der Waals surface area contributed by atoms with Gasteiger partial charge < -0.3 is 22.3 Å². The Labute approximate surface area is 94.1 Å². The molecule has 7 amide bonds. The first-order valence-electron chi connectivity index (χ1n) is 3.41. The van der Waals surface area contributed by atoms with Gasteiger partial charge in [0.15, 0.2) is 0 Å². The molecule has 0 atom stereocenters. The normalized spacial score (nSPS) is 6.59. The van der Waals surface area contributed by atoms with Crippen LogP contribution in [0.25, 0.3) is 0 Å². The van der Waals surface area contributed by atoms with Crippen LogP contribution in [-0.4, -0.2) is 35.3 Å². The molecule has 0 radical (unpaired) electrons. The molecule has 0 aromatic carbocycles. The van der Waals surface area contributed by atoms with Crippen LogP contribution >= 0.6 is 0 Å². The van der Waals surface area contributed by atoms with Gasteiger partial charge in [-0.2, -0.15) is 0 Å². The van der Waals surface area contributed by atoms with Crippen molar-refractivity contribution < 1.29 is 24.3 Å². The van der Waals surface area contributed by atoms with Gasteiger partial charge in [0.05, 0.1) is 6.01 Å². The summed E-state index contributed by atoms with van der Waals surface area (Å²) in [6.45, 7) is 0. The molecule has 0 saturated heterocycles. The molecule has 12 heteroatoms. The number of nitrogens with one attached hydrogen (secondary N) is 4. The van der Waals surface area contributed by atoms with Gasteiger partial charge in [-0.1, -0.05) is 0 Å². The van der Waals surface area contributed by atoms with E-state index >= 15 is 0 Å². The minimum atomic E-state index is -1.44. The lowest BCUT2D eigenvalue weighted by Gasteiger charge is -1.88. The van der Waals surface area contributed by atoms with Crippen molar-refractivity contribution in [3.8, 4) is 0 Å². The van der Waals surface area contributed by atoms with Gasteiger partial charge >= 0.3 is 24.2 Å². The van der Waals surface area contributed by atoms with Crippen molar-refractivity contribution in [1.82, 2.24) is 10.6 Å². The summed E-state index contributed by atoms with van der Waals surface area (Å²) in [7, 11) is 0. The standard InChI is InChI=1S/C2H5N3O2.C2H4N2O3.CH2N2/c3-1(6)5-2(4)7;3-1(5)4-2(6)7;2-1-3/h(H5,3,4,5,6,7);(H,6,7)(H3,3,4,5);2-3H. The Hall–Kier alpha value is -3.14. The third-order valence-corrected chi connectivity index (χ3v) is 0.477. The summed E-state index contributed by atoms with van der Waals surface area (Å²) < 4.78 is 0. The van der Waals surface area contributed by atoms with Crippen molar-refractivity contribution in [2.24, 2.45) is 17.2 Å². The summed E-state index contributed by atoms with van der Waals surface area (Å²) in [4.78, 5) is 38.2. The number of urea groups is 3. The van der Waals surface area contributed by atoms with E-state index in [1.54, 1.807) is 5.32 Å². The molecular formula is C5H11N7O5. The molecule has 0 spiro atoms. The highest BCUT2D eigenvalue weighted by atomic mass is 16.4. The molecular weight excluding hydrogens is 238 g/mol. The van der Waals surface area contributed by atoms with Crippen molar-refractivity contribution >= 4 is 30.2 Å². The van der Waals surface area contributed by atoms with Crippen molar-refractivity contribution in [1.29, 1.82) is 10.8 Å². The fourth-order valence-corrected chi connectivity index (χ4v) is 0.227. The molecule has 0 aliphatic heterocycles. The second kappa shape index (κ2) is 12.9. The smallest absolute Gasteiger partial charge is 0.412 e. The maximum atomic E-state index is 9.62. The van der Waals surface area contributed by atoms with E-state index in [-0.39, 0.29) is 0 Å². The summed E-state index contributed by atoms with van der Waals surface area (Å²) in [5.41, 5.74) is 13.2. The van der Waals surface area contributed by atoms with Crippen molar-refractivity contribution in [3.63, 3.8) is 0 Å². The number of imide groups is 2. The molecule has 0 aromatic heterocycles. The SMILES string of the molecule is N=C=N.NC(=O)NC(=O)O.NC(=O)NC(N)=O. The van der Waals surface area contributed by atoms with E-state index in [1.807, 2.05) is 0 Å². The van der Waals surface area contributed by atoms with E-state index in [1.165, 1.54) is 11.3 Å². The second-order valence-electron chi connectivity index (χ2n) is 1.77. The number of hydrogen-bond donors (Lipinski definition) is 8. The van der Waals surface area contributed by atoms with E-state index < -0.39 is 24.2 Å². The summed E-state index contributed by atoms with van der Waals surface area (Å²) >= 11 is 0. The number of hydrogen-bond acceptors (Lipinski definition) is 6. The first kappa shape index (κ1) is 19.4. The lowest BCUT2D eigenvalue weighted by Crippen LogP contribution is -2.38. The van der Waals surface area contributed by atoms with Gasteiger partial charge in [0, 0.05) is 0 Å². The molecule has 0 unspecified atom stereocenters. The molecule has 0 aliphatic rings. The number of carboxylic acid groups (broad SMARTS) is 1. The Morgan fingerprint density at radius 3 is 1.12 bits per heavy atom. The molecule has 0 aliphatic carbocycles. The summed E-state index contributed by atoms with van der Waals surface area (Å²) in [5, 5.41) is 21.9. The van der Waals surface area contributed by atoms with E-state index in [4.69, 9.17) is 15.9 Å². The third-order valence-electron chi connectivity index (χ3n) is 0.477. The maximum absolute atomic E-state index is 9.62. The molecule has 0 fully saturated rings. The highest BCUT2D eigenvalue weighted by molar-refractivity contribution is 5.91. The maximum Gasteiger partial charge on any atom is 0.412 e. The number of carbonyl (C=O) groups excluding carboxylic acids is 3. The van der Waals surface area contributed by atoms with Gasteiger partial charge in [-0.05, 0) is 0 Å². The van der Waals surface area contributed by atoms with Crippen molar-refractivity contribution in [2.45, 2.75) is 0 Å². The Bertz CT molecular complexity index is 271. The van der Waals surface area contributed by atoms with Crippen LogP contribution in [0.3, 0.4) is 0 Å². The Morgan fingerprint density at radius 2 is 1.12 bits per heavy atom. The number of nitrogens with two attached hydrogens (primary N) is 3. The minimum Gasteiger partial charge on any atom is -0.465 e. The third kappa shape index (κ3) is 64.2. The molecule has 96 valence electrons. The highest BCUT2D eigenvalue weighted by Gasteiger charge is 1.94. The van der Waals surface area contributed by atoms with E-state index in [9.17, 15) is 19.2 Å². The molecule has 12 nitrogen and oxygen atoms in total. The Balaban J connectivity index is -0.000000188. The van der Waals surface area contributed by atoms with Gasteiger partial charge in [0.25, 0.3) is 0 Å². The van der Waals surface area contributed by atoms with Crippen LogP contribution < -0.4 is 27.8 Å². The predicted octanol–water partition coefficient (Wildman–Crippen LogP) is -1.62. The predicted molar refractivity (Wildman–Crippen MR) is 53.5 cm³/mol. The monoisotopic (exact) mass is 249 g/mol. The molecule has 17 heavy (non-hydrogen) atoms. The zero-order chi connectivity index (χ0) is 14.4. The number of rotatable bonds is 0. The fraction of sp³-hybridized carbons (Fsp3) is 0. The topological polar surface area (TPSA) is 238 Å². The van der Waals surface area contributed by atoms with Crippen LogP contribution in [0.1, 0.15) is 0 Å². The van der Waals surface area contributed by atoms with Crippen LogP contribution in [0.4, 0.5) is 19.2 Å². The summed E-state index contributed by atoms with van der Waals surface area (Å²) in [6.07, 6.45) is -1.44. The van der Waals surface area contributed by atoms with E-state index in [0.29, 0.717) is 0 Å². The summed E-state index contributed by atoms with van der Waals surface area (Å²) in [6, 6.07) is -1.69. The van der Waals surface area contributed by atoms with Gasteiger partial charge in [0.2, 0.25) is 0 Å². The first-order valence-corrected chi connectivity index (χ1v) is 3.41. The van der Waals surface area contributed by atoms with Crippen LogP contribution in [0.2, 0.25) is 0 Å². The van der Waals surface area contributed by atoms with E-state index in [2.05, 4.69) is 17.2 Å². The molecule has 0 aromatic rings. The lowest BCUT2D eigenvalue weighted by atomic mass is 10.9. The fourth-order valence-electron chi connectivity index (χ4n) is 0.227. The average molecular weight is 249 g/mol. The second-order valence-corrected chi connectivity index (χ2v) is 1.77. The van der Waals surface area contributed by atoms with Gasteiger partial charge in [0.1, 0.15) is 0 Å². The molecule has 0 saturated carbocycles. The molecule has 11 N–H and O–H groups in total. The minimum absolute atomic E-state index is 0.937. The van der Waals surface area contributed by atoms with Crippen LogP contribution in [0.5, 0.6) is 0 Å². The quantitative estimate of drug-likeness (QED) is 0.235. The molecule has 0 rings (SSSR count). The number of primary amides is 3. The van der Waals surface area contributed by atoms with Gasteiger partial charge in [-0.3, -0.25) is 5.32 Å². The average Bonchev–Trinajstić information content (AvgIpc) is 1.99. The zero-order valence-electron chi connectivity index (χ0n) is 8.31. The first-order chi connectivity index (χ1) is 7.67. The lowest BCUT2D eigenvalue weighted by molar-refractivity contribution is 0.193. The van der Waals surface area contributed by atoms with Gasteiger partial charge in [-0.25, -0.2) is 35.3 Å². The number of carbonyl (C=O) groups is 4. The molecule has 0 bridgehead atoms. The van der Waals surface area contributed by atoms with Crippen LogP contribution in [0.15, 0.2) is 0 Å². The van der Waals surface area contributed by atoms with Crippen molar-refractivity contribution in [2.75, 3.05) is 0 Å². The molecule has 0 heterocycles. The Morgan fingerprint density at radius 1 is 0.882 bits per heavy atom. The van der Waals surface area contributed by atoms with Crippen molar-refractivity contribution in [3.05, 3.63) is 0 Å². The largest absolute Gasteiger partial charge is 0.465 e. The summed E-state index contributed by atoms with van der Waals surface area (Å²) in [5.74, 6) is 0. The zero-order valence-corrected chi connectivity index (χ0v) is 8.31. The van der Waals surface area contributed by atoms with Crippen LogP contribution in [0, 0.1) is 10.8 Å².